The Bertz CT molecular complexity index is 598. The standard InChI is InChI=1S/C14H14N2O3S/c17-14(8-15-11-3-6-20-9-11)16-10-1-2-12-13(7-10)19-5-4-18-12/h1-3,6-7,9,15H,4-5,8H2,(H,16,17). The van der Waals surface area contributed by atoms with Crippen LogP contribution < -0.4 is 20.1 Å². The van der Waals surface area contributed by atoms with E-state index in [-0.39, 0.29) is 12.5 Å². The number of nitrogens with one attached hydrogen (secondary N) is 2. The summed E-state index contributed by atoms with van der Waals surface area (Å²) < 4.78 is 10.9. The van der Waals surface area contributed by atoms with E-state index in [1.165, 1.54) is 0 Å². The molecule has 0 spiro atoms. The molecule has 1 aliphatic heterocycles. The molecular formula is C14H14N2O3S. The van der Waals surface area contributed by atoms with E-state index in [0.29, 0.717) is 30.4 Å². The number of rotatable bonds is 4. The molecule has 2 aromatic rings. The van der Waals surface area contributed by atoms with Crippen LogP contribution in [-0.2, 0) is 4.79 Å². The summed E-state index contributed by atoms with van der Waals surface area (Å²) in [5, 5.41) is 9.79. The fourth-order valence-corrected chi connectivity index (χ4v) is 2.49. The molecule has 5 nitrogen and oxygen atoms in total. The monoisotopic (exact) mass is 290 g/mol. The van der Waals surface area contributed by atoms with Gasteiger partial charge in [-0.1, -0.05) is 0 Å². The molecule has 2 heterocycles. The van der Waals surface area contributed by atoms with E-state index in [1.54, 1.807) is 29.5 Å². The van der Waals surface area contributed by atoms with Crippen molar-refractivity contribution in [3.8, 4) is 11.5 Å². The fourth-order valence-electron chi connectivity index (χ4n) is 1.87. The van der Waals surface area contributed by atoms with E-state index in [1.807, 2.05) is 16.8 Å². The topological polar surface area (TPSA) is 59.6 Å². The molecule has 1 amide bonds. The Labute approximate surface area is 120 Å². The number of fused-ring (bicyclic) bond motifs is 1. The smallest absolute Gasteiger partial charge is 0.243 e. The van der Waals surface area contributed by atoms with Gasteiger partial charge in [-0.15, -0.1) is 0 Å². The summed E-state index contributed by atoms with van der Waals surface area (Å²) >= 11 is 1.59. The minimum absolute atomic E-state index is 0.104. The molecule has 0 atom stereocenters. The summed E-state index contributed by atoms with van der Waals surface area (Å²) in [6, 6.07) is 7.31. The molecule has 0 aliphatic carbocycles. The van der Waals surface area contributed by atoms with Gasteiger partial charge >= 0.3 is 0 Å². The second-order valence-corrected chi connectivity index (χ2v) is 5.05. The predicted molar refractivity (Wildman–Crippen MR) is 78.9 cm³/mol. The van der Waals surface area contributed by atoms with Gasteiger partial charge in [-0.2, -0.15) is 11.3 Å². The first-order valence-electron chi connectivity index (χ1n) is 6.27. The molecule has 2 N–H and O–H groups in total. The van der Waals surface area contributed by atoms with Gasteiger partial charge in [0.05, 0.1) is 6.54 Å². The average molecular weight is 290 g/mol. The molecule has 0 radical (unpaired) electrons. The molecule has 0 saturated heterocycles. The van der Waals surface area contributed by atoms with Gasteiger partial charge in [0, 0.05) is 22.8 Å². The first kappa shape index (κ1) is 12.8. The minimum atomic E-state index is -0.104. The normalized spacial score (nSPS) is 12.8. The zero-order valence-electron chi connectivity index (χ0n) is 10.7. The third kappa shape index (κ3) is 3.03. The highest BCUT2D eigenvalue weighted by Crippen LogP contribution is 2.32. The number of carbonyl (C=O) groups is 1. The maximum atomic E-state index is 11.8. The maximum Gasteiger partial charge on any atom is 0.243 e. The van der Waals surface area contributed by atoms with Gasteiger partial charge in [-0.25, -0.2) is 0 Å². The van der Waals surface area contributed by atoms with Crippen molar-refractivity contribution in [3.05, 3.63) is 35.0 Å². The lowest BCUT2D eigenvalue weighted by Crippen LogP contribution is -2.22. The van der Waals surface area contributed by atoms with E-state index in [9.17, 15) is 4.79 Å². The van der Waals surface area contributed by atoms with Gasteiger partial charge in [0.15, 0.2) is 11.5 Å². The van der Waals surface area contributed by atoms with Crippen molar-refractivity contribution >= 4 is 28.6 Å². The molecule has 1 aliphatic rings. The molecule has 104 valence electrons. The highest BCUT2D eigenvalue weighted by molar-refractivity contribution is 7.08. The van der Waals surface area contributed by atoms with E-state index >= 15 is 0 Å². The highest BCUT2D eigenvalue weighted by Gasteiger charge is 2.12. The number of amides is 1. The fraction of sp³-hybridized carbons (Fsp3) is 0.214. The van der Waals surface area contributed by atoms with Crippen LogP contribution in [0.3, 0.4) is 0 Å². The Kier molecular flexibility index (Phi) is 3.73. The van der Waals surface area contributed by atoms with Crippen LogP contribution in [0.4, 0.5) is 11.4 Å². The summed E-state index contributed by atoms with van der Waals surface area (Å²) in [6.07, 6.45) is 0. The molecular weight excluding hydrogens is 276 g/mol. The summed E-state index contributed by atoms with van der Waals surface area (Å²) in [5.74, 6) is 1.28. The third-order valence-electron chi connectivity index (χ3n) is 2.80. The number of benzene rings is 1. The first-order chi connectivity index (χ1) is 9.81. The molecule has 1 aromatic carbocycles. The van der Waals surface area contributed by atoms with Gasteiger partial charge in [0.1, 0.15) is 13.2 Å². The number of hydrogen-bond acceptors (Lipinski definition) is 5. The number of hydrogen-bond donors (Lipinski definition) is 2. The van der Waals surface area contributed by atoms with E-state index in [0.717, 1.165) is 5.69 Å². The Balaban J connectivity index is 1.58. The van der Waals surface area contributed by atoms with Crippen LogP contribution in [-0.4, -0.2) is 25.7 Å². The van der Waals surface area contributed by atoms with Crippen molar-refractivity contribution < 1.29 is 14.3 Å². The summed E-state index contributed by atoms with van der Waals surface area (Å²) in [7, 11) is 0. The van der Waals surface area contributed by atoms with Crippen LogP contribution in [0.5, 0.6) is 11.5 Å². The lowest BCUT2D eigenvalue weighted by atomic mass is 10.2. The van der Waals surface area contributed by atoms with Crippen LogP contribution in [0, 0.1) is 0 Å². The van der Waals surface area contributed by atoms with Crippen LogP contribution in [0.1, 0.15) is 0 Å². The predicted octanol–water partition coefficient (Wildman–Crippen LogP) is 2.57. The number of thiophene rings is 1. The van der Waals surface area contributed by atoms with E-state index in [2.05, 4.69) is 10.6 Å². The lowest BCUT2D eigenvalue weighted by Gasteiger charge is -2.19. The van der Waals surface area contributed by atoms with Crippen molar-refractivity contribution in [1.82, 2.24) is 0 Å². The van der Waals surface area contributed by atoms with E-state index in [4.69, 9.17) is 9.47 Å². The van der Waals surface area contributed by atoms with Gasteiger partial charge < -0.3 is 20.1 Å². The highest BCUT2D eigenvalue weighted by atomic mass is 32.1. The molecule has 20 heavy (non-hydrogen) atoms. The van der Waals surface area contributed by atoms with Crippen molar-refractivity contribution in [3.63, 3.8) is 0 Å². The molecule has 0 bridgehead atoms. The van der Waals surface area contributed by atoms with E-state index < -0.39 is 0 Å². The number of ether oxygens (including phenoxy) is 2. The Morgan fingerprint density at radius 1 is 1.15 bits per heavy atom. The second-order valence-electron chi connectivity index (χ2n) is 4.27. The van der Waals surface area contributed by atoms with Crippen LogP contribution in [0.15, 0.2) is 35.0 Å². The molecule has 1 aromatic heterocycles. The van der Waals surface area contributed by atoms with Gasteiger partial charge in [0.25, 0.3) is 0 Å². The maximum absolute atomic E-state index is 11.8. The molecule has 0 saturated carbocycles. The quantitative estimate of drug-likeness (QED) is 0.908. The van der Waals surface area contributed by atoms with Gasteiger partial charge in [-0.05, 0) is 23.6 Å². The Morgan fingerprint density at radius 2 is 2.00 bits per heavy atom. The van der Waals surface area contributed by atoms with Crippen LogP contribution in [0.25, 0.3) is 0 Å². The molecule has 6 heteroatoms. The molecule has 0 unspecified atom stereocenters. The van der Waals surface area contributed by atoms with Crippen LogP contribution >= 0.6 is 11.3 Å². The third-order valence-corrected chi connectivity index (χ3v) is 3.48. The second kappa shape index (κ2) is 5.83. The first-order valence-corrected chi connectivity index (χ1v) is 7.21. The van der Waals surface area contributed by atoms with Crippen molar-refractivity contribution in [2.75, 3.05) is 30.4 Å². The molecule has 0 fully saturated rings. The minimum Gasteiger partial charge on any atom is -0.486 e. The zero-order valence-corrected chi connectivity index (χ0v) is 11.5. The van der Waals surface area contributed by atoms with Gasteiger partial charge in [0.2, 0.25) is 5.91 Å². The number of anilines is 2. The van der Waals surface area contributed by atoms with Crippen molar-refractivity contribution in [1.29, 1.82) is 0 Å². The SMILES string of the molecule is O=C(CNc1ccsc1)Nc1ccc2c(c1)OCCO2. The molecule has 3 rings (SSSR count). The van der Waals surface area contributed by atoms with Crippen molar-refractivity contribution in [2.45, 2.75) is 0 Å². The van der Waals surface area contributed by atoms with Crippen LogP contribution in [0.2, 0.25) is 0 Å². The Morgan fingerprint density at radius 3 is 2.80 bits per heavy atom. The van der Waals surface area contributed by atoms with Crippen molar-refractivity contribution in [2.24, 2.45) is 0 Å². The average Bonchev–Trinajstić information content (AvgIpc) is 2.98. The summed E-state index contributed by atoms with van der Waals surface area (Å²) in [4.78, 5) is 11.8. The van der Waals surface area contributed by atoms with Gasteiger partial charge in [-0.3, -0.25) is 4.79 Å². The number of carbonyl (C=O) groups excluding carboxylic acids is 1. The zero-order chi connectivity index (χ0) is 13.8. The largest absolute Gasteiger partial charge is 0.486 e. The summed E-state index contributed by atoms with van der Waals surface area (Å²) in [5.41, 5.74) is 1.65. The Hall–Kier alpha value is -2.21. The lowest BCUT2D eigenvalue weighted by molar-refractivity contribution is -0.114. The summed E-state index contributed by atoms with van der Waals surface area (Å²) in [6.45, 7) is 1.32.